The zero-order valence-electron chi connectivity index (χ0n) is 5.13. The van der Waals surface area contributed by atoms with E-state index < -0.39 is 0 Å². The van der Waals surface area contributed by atoms with Crippen molar-refractivity contribution in [2.24, 2.45) is 0 Å². The van der Waals surface area contributed by atoms with Gasteiger partial charge in [-0.15, -0.1) is 34.0 Å². The summed E-state index contributed by atoms with van der Waals surface area (Å²) in [6.07, 6.45) is 0. The molecule has 3 heteroatoms. The van der Waals surface area contributed by atoms with Crippen molar-refractivity contribution in [3.8, 4) is 0 Å². The summed E-state index contributed by atoms with van der Waals surface area (Å²) in [4.78, 5) is 0. The Morgan fingerprint density at radius 2 is 1.50 bits per heavy atom. The van der Waals surface area contributed by atoms with Crippen LogP contribution in [0.1, 0.15) is 5.56 Å². The summed E-state index contributed by atoms with van der Waals surface area (Å²) < 4.78 is 2.01. The first-order valence-electron chi connectivity index (χ1n) is 2.40. The Morgan fingerprint density at radius 1 is 1.00 bits per heavy atom. The van der Waals surface area contributed by atoms with Crippen LogP contribution in [0.2, 0.25) is 0 Å². The fourth-order valence-corrected chi connectivity index (χ4v) is 0.856. The molecule has 1 rings (SSSR count). The molecule has 58 valence electrons. The molecule has 0 atom stereocenters. The quantitative estimate of drug-likeness (QED) is 0.681. The Bertz CT molecular complexity index is 174. The first kappa shape index (κ1) is 13.3. The second-order valence-corrected chi connectivity index (χ2v) is 2.01. The molecule has 0 aromatic heterocycles. The van der Waals surface area contributed by atoms with Gasteiger partial charge in [-0.05, 0) is 0 Å². The van der Waals surface area contributed by atoms with Gasteiger partial charge < -0.3 is 0 Å². The first-order chi connectivity index (χ1) is 3.93. The molecule has 0 bridgehead atoms. The summed E-state index contributed by atoms with van der Waals surface area (Å²) in [6.45, 7) is 0. The summed E-state index contributed by atoms with van der Waals surface area (Å²) >= 11 is 2.48. The molecule has 0 nitrogen and oxygen atoms in total. The van der Waals surface area contributed by atoms with Crippen LogP contribution in [-0.2, 0) is 17.9 Å². The van der Waals surface area contributed by atoms with Crippen molar-refractivity contribution in [1.29, 1.82) is 0 Å². The van der Waals surface area contributed by atoms with Gasteiger partial charge in [0.15, 0.2) is 0 Å². The van der Waals surface area contributed by atoms with E-state index in [0.29, 0.717) is 0 Å². The summed E-state index contributed by atoms with van der Waals surface area (Å²) in [6, 6.07) is 10.2. The Hall–Kier alpha value is 0.673. The van der Waals surface area contributed by atoms with Crippen LogP contribution in [0.15, 0.2) is 30.3 Å². The fraction of sp³-hybridized carbons (Fsp3) is 0. The van der Waals surface area contributed by atoms with Crippen molar-refractivity contribution in [1.82, 2.24) is 0 Å². The predicted octanol–water partition coefficient (Wildman–Crippen LogP) is 2.54. The van der Waals surface area contributed by atoms with Crippen molar-refractivity contribution < 1.29 is 17.9 Å². The van der Waals surface area contributed by atoms with Gasteiger partial charge in [-0.3, -0.25) is 0 Å². The van der Waals surface area contributed by atoms with E-state index in [9.17, 15) is 0 Å². The van der Waals surface area contributed by atoms with E-state index in [2.05, 4.69) is 30.0 Å². The summed E-state index contributed by atoms with van der Waals surface area (Å²) in [5, 5.41) is 0. The van der Waals surface area contributed by atoms with Gasteiger partial charge in [-0.1, -0.05) is 0 Å². The Labute approximate surface area is 91.8 Å². The number of hydrogen-bond acceptors (Lipinski definition) is 0. The average molecular weight is 353 g/mol. The second-order valence-electron chi connectivity index (χ2n) is 1.51. The van der Waals surface area contributed by atoms with Crippen LogP contribution in [0, 0.1) is 0 Å². The Balaban J connectivity index is 0. The minimum atomic E-state index is 0. The van der Waals surface area contributed by atoms with Gasteiger partial charge in [0.2, 0.25) is 0 Å². The van der Waals surface area contributed by atoms with Crippen LogP contribution in [0.3, 0.4) is 0 Å². The number of benzene rings is 1. The molecule has 0 unspecified atom stereocenters. The molecular formula is C7H8Br2Ru. The number of rotatable bonds is 1. The molecule has 0 spiro atoms. The normalized spacial score (nSPS) is 6.90. The molecule has 1 aromatic rings. The van der Waals surface area contributed by atoms with Gasteiger partial charge in [-0.2, -0.15) is 0 Å². The molecule has 1 aromatic carbocycles. The monoisotopic (exact) mass is 352 g/mol. The van der Waals surface area contributed by atoms with Crippen LogP contribution in [-0.4, -0.2) is 4.61 Å². The molecule has 0 N–H and O–H groups in total. The molecule has 0 amide bonds. The van der Waals surface area contributed by atoms with Gasteiger partial charge in [0.25, 0.3) is 0 Å². The zero-order valence-corrected chi connectivity index (χ0v) is 10.3. The molecule has 0 fully saturated rings. The third kappa shape index (κ3) is 4.48. The van der Waals surface area contributed by atoms with Crippen LogP contribution in [0.25, 0.3) is 0 Å². The van der Waals surface area contributed by atoms with E-state index in [1.807, 2.05) is 22.8 Å². The molecule has 0 saturated carbocycles. The maximum absolute atomic E-state index is 2.48. The summed E-state index contributed by atoms with van der Waals surface area (Å²) in [5.74, 6) is 0. The standard InChI is InChI=1S/C7H6.2BrH.Ru/c1-7-5-3-2-4-6-7;;;/h1-6H;2*1H;. The fourth-order valence-electron chi connectivity index (χ4n) is 0.521. The molecule has 0 heterocycles. The van der Waals surface area contributed by atoms with E-state index in [-0.39, 0.29) is 34.0 Å². The van der Waals surface area contributed by atoms with Gasteiger partial charge in [0.1, 0.15) is 0 Å². The number of hydrogen-bond donors (Lipinski definition) is 0. The van der Waals surface area contributed by atoms with E-state index >= 15 is 0 Å². The first-order valence-corrected chi connectivity index (χ1v) is 3.41. The SMILES string of the molecule is Br.Br.[Ru]=[CH]c1ccccc1. The van der Waals surface area contributed by atoms with Gasteiger partial charge >= 0.3 is 58.4 Å². The maximum atomic E-state index is 2.48. The molecule has 0 saturated heterocycles. The average Bonchev–Trinajstić information content (AvgIpc) is 1.90. The van der Waals surface area contributed by atoms with Crippen LogP contribution < -0.4 is 0 Å². The molecule has 10 heavy (non-hydrogen) atoms. The second kappa shape index (κ2) is 7.78. The van der Waals surface area contributed by atoms with E-state index in [0.717, 1.165) is 0 Å². The Morgan fingerprint density at radius 3 is 1.80 bits per heavy atom. The van der Waals surface area contributed by atoms with Crippen molar-refractivity contribution in [3.05, 3.63) is 35.9 Å². The van der Waals surface area contributed by atoms with Gasteiger partial charge in [0.05, 0.1) is 0 Å². The zero-order chi connectivity index (χ0) is 5.82. The van der Waals surface area contributed by atoms with Crippen molar-refractivity contribution in [2.45, 2.75) is 0 Å². The molecular weight excluding hydrogens is 345 g/mol. The summed E-state index contributed by atoms with van der Waals surface area (Å²) in [7, 11) is 0. The minimum absolute atomic E-state index is 0. The Kier molecular flexibility index (Phi) is 10.3. The van der Waals surface area contributed by atoms with Gasteiger partial charge in [-0.25, -0.2) is 0 Å². The van der Waals surface area contributed by atoms with Crippen LogP contribution in [0.5, 0.6) is 0 Å². The summed E-state index contributed by atoms with van der Waals surface area (Å²) in [5.41, 5.74) is 1.25. The molecule has 0 aliphatic rings. The number of halogens is 2. The third-order valence-corrected chi connectivity index (χ3v) is 1.50. The van der Waals surface area contributed by atoms with Crippen LogP contribution in [0.4, 0.5) is 0 Å². The van der Waals surface area contributed by atoms with Crippen molar-refractivity contribution in [2.75, 3.05) is 0 Å². The van der Waals surface area contributed by atoms with Crippen LogP contribution >= 0.6 is 34.0 Å². The topological polar surface area (TPSA) is 0 Å². The van der Waals surface area contributed by atoms with E-state index in [4.69, 9.17) is 0 Å². The molecule has 0 aliphatic heterocycles. The van der Waals surface area contributed by atoms with E-state index in [1.54, 1.807) is 0 Å². The van der Waals surface area contributed by atoms with E-state index in [1.165, 1.54) is 5.56 Å². The van der Waals surface area contributed by atoms with Gasteiger partial charge in [0, 0.05) is 0 Å². The molecule has 0 aliphatic carbocycles. The predicted molar refractivity (Wildman–Crippen MR) is 52.3 cm³/mol. The third-order valence-electron chi connectivity index (χ3n) is 0.917. The van der Waals surface area contributed by atoms with Crippen molar-refractivity contribution >= 4 is 38.6 Å². The molecule has 0 radical (unpaired) electrons. The van der Waals surface area contributed by atoms with Crippen molar-refractivity contribution in [3.63, 3.8) is 0 Å².